The quantitative estimate of drug-likeness (QED) is 0.242. The molecule has 0 atom stereocenters. The van der Waals surface area contributed by atoms with Gasteiger partial charge in [-0.2, -0.15) is 0 Å². The molecule has 8 aromatic rings. The molecule has 3 aromatic heterocycles. The maximum absolute atomic E-state index is 2.54. The molecular weight excluding hydrogens is 382 g/mol. The Labute approximate surface area is 175 Å². The number of benzene rings is 5. The number of nitrogens with zero attached hydrogens (tertiary/aromatic N) is 1. The number of para-hydroxylation sites is 1. The van der Waals surface area contributed by atoms with Crippen molar-refractivity contribution in [1.82, 2.24) is 4.40 Å². The maximum atomic E-state index is 2.54. The van der Waals surface area contributed by atoms with E-state index in [9.17, 15) is 0 Å². The van der Waals surface area contributed by atoms with Crippen molar-refractivity contribution in [1.29, 1.82) is 0 Å². The van der Waals surface area contributed by atoms with Crippen LogP contribution in [-0.4, -0.2) is 4.40 Å². The Morgan fingerprint density at radius 1 is 0.500 bits per heavy atom. The van der Waals surface area contributed by atoms with E-state index in [1.165, 1.54) is 69.0 Å². The fourth-order valence-electron chi connectivity index (χ4n) is 5.50. The molecule has 0 aliphatic rings. The summed E-state index contributed by atoms with van der Waals surface area (Å²) in [7, 11) is 0. The monoisotopic (exact) mass is 397 g/mol. The van der Waals surface area contributed by atoms with Crippen LogP contribution in [0.25, 0.3) is 69.0 Å². The van der Waals surface area contributed by atoms with Crippen LogP contribution in [0.15, 0.2) is 91.0 Å². The lowest BCUT2D eigenvalue weighted by Gasteiger charge is -2.04. The van der Waals surface area contributed by atoms with Crippen molar-refractivity contribution in [2.45, 2.75) is 0 Å². The van der Waals surface area contributed by atoms with Crippen LogP contribution in [0.2, 0.25) is 0 Å². The molecule has 0 bridgehead atoms. The third kappa shape index (κ3) is 1.63. The number of hydrogen-bond donors (Lipinski definition) is 0. The Hall–Kier alpha value is -3.62. The zero-order chi connectivity index (χ0) is 19.4. The predicted octanol–water partition coefficient (Wildman–Crippen LogP) is 8.36. The number of hydrogen-bond acceptors (Lipinski definition) is 1. The molecule has 0 aliphatic carbocycles. The van der Waals surface area contributed by atoms with Gasteiger partial charge in [-0.1, -0.05) is 78.9 Å². The molecule has 0 amide bonds. The number of fused-ring (bicyclic) bond motifs is 8. The molecule has 0 radical (unpaired) electrons. The Morgan fingerprint density at radius 3 is 2.23 bits per heavy atom. The van der Waals surface area contributed by atoms with E-state index in [1.54, 1.807) is 0 Å². The highest BCUT2D eigenvalue weighted by Gasteiger charge is 2.21. The maximum Gasteiger partial charge on any atom is 0.0734 e. The van der Waals surface area contributed by atoms with Crippen molar-refractivity contribution in [3.05, 3.63) is 91.0 Å². The fourth-order valence-corrected chi connectivity index (χ4v) is 6.72. The summed E-state index contributed by atoms with van der Waals surface area (Å²) in [6.07, 6.45) is 0. The van der Waals surface area contributed by atoms with E-state index >= 15 is 0 Å². The van der Waals surface area contributed by atoms with E-state index in [1.807, 2.05) is 11.3 Å². The Bertz CT molecular complexity index is 1950. The first kappa shape index (κ1) is 15.3. The molecule has 0 spiro atoms. The summed E-state index contributed by atoms with van der Waals surface area (Å²) in [5, 5.41) is 10.7. The fraction of sp³-hybridized carbons (Fsp3) is 0. The Kier molecular flexibility index (Phi) is 2.59. The minimum Gasteiger partial charge on any atom is -0.306 e. The van der Waals surface area contributed by atoms with Crippen LogP contribution in [0.4, 0.5) is 0 Å². The van der Waals surface area contributed by atoms with Crippen molar-refractivity contribution in [2.75, 3.05) is 0 Å². The largest absolute Gasteiger partial charge is 0.306 e. The summed E-state index contributed by atoms with van der Waals surface area (Å²) in [5.74, 6) is 0. The second-order valence-electron chi connectivity index (χ2n) is 8.16. The van der Waals surface area contributed by atoms with Crippen LogP contribution in [0.3, 0.4) is 0 Å². The Morgan fingerprint density at radius 2 is 1.27 bits per heavy atom. The lowest BCUT2D eigenvalue weighted by atomic mass is 10.0. The van der Waals surface area contributed by atoms with Crippen molar-refractivity contribution in [3.8, 4) is 0 Å². The van der Waals surface area contributed by atoms with Gasteiger partial charge in [-0.15, -0.1) is 11.3 Å². The molecule has 3 heterocycles. The predicted molar refractivity (Wildman–Crippen MR) is 131 cm³/mol. The van der Waals surface area contributed by atoms with E-state index in [4.69, 9.17) is 0 Å². The highest BCUT2D eigenvalue weighted by molar-refractivity contribution is 7.27. The van der Waals surface area contributed by atoms with Crippen LogP contribution in [0, 0.1) is 0 Å². The van der Waals surface area contributed by atoms with Gasteiger partial charge in [0, 0.05) is 31.6 Å². The average molecular weight is 398 g/mol. The van der Waals surface area contributed by atoms with Crippen molar-refractivity contribution in [2.24, 2.45) is 0 Å². The zero-order valence-corrected chi connectivity index (χ0v) is 16.8. The highest BCUT2D eigenvalue weighted by atomic mass is 32.1. The zero-order valence-electron chi connectivity index (χ0n) is 16.0. The smallest absolute Gasteiger partial charge is 0.0734 e. The van der Waals surface area contributed by atoms with Gasteiger partial charge in [0.25, 0.3) is 0 Å². The van der Waals surface area contributed by atoms with Crippen molar-refractivity contribution >= 4 is 80.4 Å². The molecule has 30 heavy (non-hydrogen) atoms. The summed E-state index contributed by atoms with van der Waals surface area (Å²) in [5.41, 5.74) is 3.97. The summed E-state index contributed by atoms with van der Waals surface area (Å²) < 4.78 is 5.31. The van der Waals surface area contributed by atoms with Gasteiger partial charge in [0.05, 0.1) is 21.3 Å². The number of rotatable bonds is 0. The minimum atomic E-state index is 1.28. The van der Waals surface area contributed by atoms with Gasteiger partial charge in [0.1, 0.15) is 0 Å². The Balaban J connectivity index is 1.91. The van der Waals surface area contributed by atoms with Crippen LogP contribution < -0.4 is 0 Å². The van der Waals surface area contributed by atoms with Crippen molar-refractivity contribution < 1.29 is 0 Å². The van der Waals surface area contributed by atoms with Gasteiger partial charge >= 0.3 is 0 Å². The van der Waals surface area contributed by atoms with E-state index in [2.05, 4.69) is 95.4 Å². The van der Waals surface area contributed by atoms with E-state index < -0.39 is 0 Å². The lowest BCUT2D eigenvalue weighted by molar-refractivity contribution is 1.37. The van der Waals surface area contributed by atoms with Crippen LogP contribution >= 0.6 is 11.3 Å². The summed E-state index contributed by atoms with van der Waals surface area (Å²) >= 11 is 1.93. The molecule has 138 valence electrons. The average Bonchev–Trinajstić information content (AvgIpc) is 3.29. The van der Waals surface area contributed by atoms with E-state index in [-0.39, 0.29) is 0 Å². The molecule has 0 N–H and O–H groups in total. The SMILES string of the molecule is c1ccc2c(c1)ccc1c3sc4ccc5cccc6c7ccccc7n(c21)c3c4c56. The molecule has 0 saturated carbocycles. The third-order valence-electron chi connectivity index (χ3n) is 6.70. The van der Waals surface area contributed by atoms with Crippen LogP contribution in [0.5, 0.6) is 0 Å². The van der Waals surface area contributed by atoms with E-state index in [0.29, 0.717) is 0 Å². The second-order valence-corrected chi connectivity index (χ2v) is 9.21. The summed E-state index contributed by atoms with van der Waals surface area (Å²) in [6, 6.07) is 33.6. The summed E-state index contributed by atoms with van der Waals surface area (Å²) in [6.45, 7) is 0. The number of aromatic nitrogens is 1. The van der Waals surface area contributed by atoms with Gasteiger partial charge in [0.2, 0.25) is 0 Å². The summed E-state index contributed by atoms with van der Waals surface area (Å²) in [4.78, 5) is 0. The number of thiophene rings is 1. The molecule has 0 unspecified atom stereocenters. The van der Waals surface area contributed by atoms with E-state index in [0.717, 1.165) is 0 Å². The standard InChI is InChI=1S/C28H15NS/c1-2-8-18-16(6-1)12-14-21-26(18)29-22-11-4-3-9-19(22)20-10-5-7-17-13-15-23-25(24(17)20)27(29)28(21)30-23/h1-15H. The molecule has 2 heteroatoms. The lowest BCUT2D eigenvalue weighted by Crippen LogP contribution is -1.85. The van der Waals surface area contributed by atoms with Gasteiger partial charge in [-0.25, -0.2) is 0 Å². The van der Waals surface area contributed by atoms with Crippen LogP contribution in [0.1, 0.15) is 0 Å². The highest BCUT2D eigenvalue weighted by Crippen LogP contribution is 2.48. The van der Waals surface area contributed by atoms with Crippen molar-refractivity contribution in [3.63, 3.8) is 0 Å². The molecule has 0 saturated heterocycles. The molecule has 8 rings (SSSR count). The second kappa shape index (κ2) is 5.10. The first-order valence-electron chi connectivity index (χ1n) is 10.3. The molecule has 0 aliphatic heterocycles. The van der Waals surface area contributed by atoms with Gasteiger partial charge in [-0.05, 0) is 28.3 Å². The van der Waals surface area contributed by atoms with Crippen LogP contribution in [-0.2, 0) is 0 Å². The first-order valence-corrected chi connectivity index (χ1v) is 11.1. The third-order valence-corrected chi connectivity index (χ3v) is 7.88. The molecule has 5 aromatic carbocycles. The minimum absolute atomic E-state index is 1.28. The normalized spacial score (nSPS) is 12.7. The first-order chi connectivity index (χ1) is 14.9. The van der Waals surface area contributed by atoms with Gasteiger partial charge in [0.15, 0.2) is 0 Å². The molecule has 0 fully saturated rings. The van der Waals surface area contributed by atoms with Gasteiger partial charge in [-0.3, -0.25) is 0 Å². The topological polar surface area (TPSA) is 4.41 Å². The molecular formula is C28H15NS. The molecule has 1 nitrogen and oxygen atoms in total. The van der Waals surface area contributed by atoms with Gasteiger partial charge < -0.3 is 4.40 Å².